The van der Waals surface area contributed by atoms with Gasteiger partial charge in [0.2, 0.25) is 0 Å². The number of halogens is 3. The molecule has 0 amide bonds. The third-order valence-corrected chi connectivity index (χ3v) is 6.01. The van der Waals surface area contributed by atoms with Crippen molar-refractivity contribution in [1.29, 1.82) is 0 Å². The zero-order valence-electron chi connectivity index (χ0n) is 14.2. The standard InChI is InChI=1S/C14H17F3N3O3PS2/c1-4-21-24(25,22-5-2)23-12-18-19-13(26-3)20(12)11-8-6-7-10(9-11)14(15,16)17/h6-9H,4-5H2,1-3H3. The van der Waals surface area contributed by atoms with Crippen molar-refractivity contribution in [3.05, 3.63) is 29.8 Å². The van der Waals surface area contributed by atoms with Crippen LogP contribution in [0.1, 0.15) is 19.4 Å². The fourth-order valence-electron chi connectivity index (χ4n) is 2.00. The molecule has 0 aliphatic heterocycles. The minimum absolute atomic E-state index is 0.0843. The van der Waals surface area contributed by atoms with Crippen LogP contribution in [0.15, 0.2) is 29.4 Å². The molecule has 0 saturated carbocycles. The second kappa shape index (κ2) is 8.71. The molecule has 144 valence electrons. The Morgan fingerprint density at radius 2 is 1.85 bits per heavy atom. The third-order valence-electron chi connectivity index (χ3n) is 2.99. The molecule has 0 spiro atoms. The van der Waals surface area contributed by atoms with Gasteiger partial charge in [-0.25, -0.2) is 4.57 Å². The van der Waals surface area contributed by atoms with Gasteiger partial charge in [0.15, 0.2) is 5.16 Å². The highest BCUT2D eigenvalue weighted by molar-refractivity contribution is 8.07. The van der Waals surface area contributed by atoms with Crippen LogP contribution in [0.25, 0.3) is 5.69 Å². The van der Waals surface area contributed by atoms with Crippen LogP contribution in [-0.4, -0.2) is 34.2 Å². The van der Waals surface area contributed by atoms with Gasteiger partial charge in [0, 0.05) is 11.8 Å². The second-order valence-electron chi connectivity index (χ2n) is 4.73. The lowest BCUT2D eigenvalue weighted by atomic mass is 10.2. The van der Waals surface area contributed by atoms with Crippen LogP contribution < -0.4 is 4.52 Å². The molecular formula is C14H17F3N3O3PS2. The van der Waals surface area contributed by atoms with Gasteiger partial charge in [-0.2, -0.15) is 13.2 Å². The molecule has 6 nitrogen and oxygen atoms in total. The average Bonchev–Trinajstić information content (AvgIpc) is 2.96. The molecule has 0 unspecified atom stereocenters. The highest BCUT2D eigenvalue weighted by atomic mass is 32.5. The molecule has 0 saturated heterocycles. The van der Waals surface area contributed by atoms with E-state index < -0.39 is 18.5 Å². The molecule has 0 aliphatic carbocycles. The Morgan fingerprint density at radius 1 is 1.19 bits per heavy atom. The van der Waals surface area contributed by atoms with Crippen LogP contribution in [0.5, 0.6) is 6.01 Å². The number of benzene rings is 1. The number of hydrogen-bond donors (Lipinski definition) is 0. The van der Waals surface area contributed by atoms with E-state index in [-0.39, 0.29) is 24.9 Å². The Bertz CT molecular complexity index is 791. The second-order valence-corrected chi connectivity index (χ2v) is 8.44. The van der Waals surface area contributed by atoms with Gasteiger partial charge < -0.3 is 4.52 Å². The maximum absolute atomic E-state index is 13.0. The maximum Gasteiger partial charge on any atom is 0.416 e. The Labute approximate surface area is 158 Å². The predicted molar refractivity (Wildman–Crippen MR) is 96.3 cm³/mol. The number of hydrogen-bond acceptors (Lipinski definition) is 7. The van der Waals surface area contributed by atoms with E-state index in [0.717, 1.165) is 12.1 Å². The van der Waals surface area contributed by atoms with Gasteiger partial charge >= 0.3 is 18.9 Å². The van der Waals surface area contributed by atoms with E-state index in [1.165, 1.54) is 28.5 Å². The molecular weight excluding hydrogens is 410 g/mol. The number of aromatic nitrogens is 3. The molecule has 0 aliphatic rings. The number of alkyl halides is 3. The van der Waals surface area contributed by atoms with E-state index in [1.54, 1.807) is 20.1 Å². The molecule has 2 aromatic rings. The molecule has 0 N–H and O–H groups in total. The quantitative estimate of drug-likeness (QED) is 0.448. The molecule has 26 heavy (non-hydrogen) atoms. The zero-order chi connectivity index (χ0) is 19.4. The van der Waals surface area contributed by atoms with E-state index in [1.807, 2.05) is 0 Å². The third kappa shape index (κ3) is 4.98. The van der Waals surface area contributed by atoms with Gasteiger partial charge in [-0.1, -0.05) is 22.9 Å². The highest BCUT2D eigenvalue weighted by Gasteiger charge is 2.32. The minimum Gasteiger partial charge on any atom is -0.389 e. The van der Waals surface area contributed by atoms with Crippen molar-refractivity contribution in [1.82, 2.24) is 14.8 Å². The van der Waals surface area contributed by atoms with E-state index in [4.69, 9.17) is 25.4 Å². The SMILES string of the molecule is CCOP(=S)(OCC)Oc1nnc(SC)n1-c1cccc(C(F)(F)F)c1. The van der Waals surface area contributed by atoms with E-state index in [2.05, 4.69) is 10.2 Å². The van der Waals surface area contributed by atoms with Crippen LogP contribution in [-0.2, 0) is 27.0 Å². The molecule has 0 bridgehead atoms. The van der Waals surface area contributed by atoms with Crippen molar-refractivity contribution in [2.45, 2.75) is 25.2 Å². The van der Waals surface area contributed by atoms with Gasteiger partial charge in [0.25, 0.3) is 0 Å². The lowest BCUT2D eigenvalue weighted by Crippen LogP contribution is -2.09. The van der Waals surface area contributed by atoms with E-state index in [9.17, 15) is 13.2 Å². The fourth-order valence-corrected chi connectivity index (χ4v) is 4.45. The minimum atomic E-state index is -4.48. The van der Waals surface area contributed by atoms with Crippen LogP contribution in [0, 0.1) is 0 Å². The molecule has 1 heterocycles. The number of rotatable bonds is 8. The predicted octanol–water partition coefficient (Wildman–Crippen LogP) is 4.68. The highest BCUT2D eigenvalue weighted by Crippen LogP contribution is 2.50. The lowest BCUT2D eigenvalue weighted by Gasteiger charge is -2.20. The summed E-state index contributed by atoms with van der Waals surface area (Å²) in [6.07, 6.45) is -2.75. The van der Waals surface area contributed by atoms with Gasteiger partial charge in [-0.05, 0) is 38.3 Å². The molecule has 12 heteroatoms. The summed E-state index contributed by atoms with van der Waals surface area (Å²) in [5.74, 6) is 0. The summed E-state index contributed by atoms with van der Waals surface area (Å²) in [5.41, 5.74) is -0.602. The normalized spacial score (nSPS) is 12.4. The summed E-state index contributed by atoms with van der Waals surface area (Å²) >= 11 is 6.50. The van der Waals surface area contributed by atoms with Crippen LogP contribution >= 0.6 is 18.5 Å². The first-order valence-corrected chi connectivity index (χ1v) is 11.3. The Morgan fingerprint density at radius 3 is 2.38 bits per heavy atom. The molecule has 0 radical (unpaired) electrons. The first-order chi connectivity index (χ1) is 12.2. The molecule has 0 atom stereocenters. The van der Waals surface area contributed by atoms with E-state index in [0.29, 0.717) is 5.16 Å². The van der Waals surface area contributed by atoms with Crippen molar-refractivity contribution in [3.8, 4) is 11.7 Å². The summed E-state index contributed by atoms with van der Waals surface area (Å²) in [5, 5.41) is 8.17. The molecule has 0 fully saturated rings. The summed E-state index contributed by atoms with van der Waals surface area (Å²) in [7, 11) is 0. The van der Waals surface area contributed by atoms with Crippen molar-refractivity contribution < 1.29 is 26.7 Å². The van der Waals surface area contributed by atoms with Gasteiger partial charge in [0.05, 0.1) is 24.5 Å². The Balaban J connectivity index is 2.50. The van der Waals surface area contributed by atoms with Crippen molar-refractivity contribution in [3.63, 3.8) is 0 Å². The summed E-state index contributed by atoms with van der Waals surface area (Å²) < 4.78 is 56.9. The summed E-state index contributed by atoms with van der Waals surface area (Å²) in [6.45, 7) is 0.818. The van der Waals surface area contributed by atoms with Crippen molar-refractivity contribution in [2.75, 3.05) is 19.5 Å². The maximum atomic E-state index is 13.0. The fraction of sp³-hybridized carbons (Fsp3) is 0.429. The van der Waals surface area contributed by atoms with Crippen molar-refractivity contribution >= 4 is 30.3 Å². The summed E-state index contributed by atoms with van der Waals surface area (Å²) in [6, 6.07) is 4.68. The molecule has 1 aromatic carbocycles. The zero-order valence-corrected chi connectivity index (χ0v) is 16.7. The monoisotopic (exact) mass is 427 g/mol. The molecule has 2 rings (SSSR count). The van der Waals surface area contributed by atoms with Crippen molar-refractivity contribution in [2.24, 2.45) is 0 Å². The van der Waals surface area contributed by atoms with Crippen LogP contribution in [0.3, 0.4) is 0 Å². The Kier molecular flexibility index (Phi) is 7.09. The average molecular weight is 427 g/mol. The van der Waals surface area contributed by atoms with Crippen LogP contribution in [0.4, 0.5) is 13.2 Å². The van der Waals surface area contributed by atoms with Gasteiger partial charge in [-0.3, -0.25) is 9.05 Å². The lowest BCUT2D eigenvalue weighted by molar-refractivity contribution is -0.137. The number of thioether (sulfide) groups is 1. The van der Waals surface area contributed by atoms with Gasteiger partial charge in [0.1, 0.15) is 0 Å². The topological polar surface area (TPSA) is 58.4 Å². The smallest absolute Gasteiger partial charge is 0.389 e. The molecule has 1 aromatic heterocycles. The van der Waals surface area contributed by atoms with Crippen LogP contribution in [0.2, 0.25) is 0 Å². The summed E-state index contributed by atoms with van der Waals surface area (Å²) in [4.78, 5) is 0. The number of nitrogens with zero attached hydrogens (tertiary/aromatic N) is 3. The first kappa shape index (κ1) is 21.2. The first-order valence-electron chi connectivity index (χ1n) is 7.49. The largest absolute Gasteiger partial charge is 0.416 e. The Hall–Kier alpha value is -1.13. The van der Waals surface area contributed by atoms with E-state index >= 15 is 0 Å². The van der Waals surface area contributed by atoms with Gasteiger partial charge in [-0.15, -0.1) is 5.10 Å².